The van der Waals surface area contributed by atoms with Gasteiger partial charge in [0.25, 0.3) is 0 Å². The molecule has 4 nitrogen and oxygen atoms in total. The minimum Gasteiger partial charge on any atom is -0.457 e. The van der Waals surface area contributed by atoms with Crippen molar-refractivity contribution < 1.29 is 14.3 Å². The number of anilines is 1. The van der Waals surface area contributed by atoms with E-state index in [1.165, 1.54) is 0 Å². The molecule has 0 amide bonds. The Bertz CT molecular complexity index is 706. The van der Waals surface area contributed by atoms with Crippen molar-refractivity contribution in [3.05, 3.63) is 65.2 Å². The van der Waals surface area contributed by atoms with Gasteiger partial charge in [-0.15, -0.1) is 0 Å². The summed E-state index contributed by atoms with van der Waals surface area (Å²) in [5, 5.41) is 0. The maximum Gasteiger partial charge on any atom is 0.340 e. The van der Waals surface area contributed by atoms with Gasteiger partial charge in [-0.3, -0.25) is 4.79 Å². The first kappa shape index (κ1) is 14.3. The molecule has 0 atom stereocenters. The maximum atomic E-state index is 12.2. The molecular formula is C18H17NO3. The molecule has 0 aromatic heterocycles. The first-order valence-electron chi connectivity index (χ1n) is 7.30. The monoisotopic (exact) mass is 295 g/mol. The summed E-state index contributed by atoms with van der Waals surface area (Å²) in [5.74, 6) is -0.417. The van der Waals surface area contributed by atoms with Crippen molar-refractivity contribution in [2.24, 2.45) is 5.92 Å². The van der Waals surface area contributed by atoms with Crippen molar-refractivity contribution in [1.29, 1.82) is 0 Å². The Hall–Kier alpha value is -2.62. The van der Waals surface area contributed by atoms with Crippen LogP contribution in [0.4, 0.5) is 5.69 Å². The van der Waals surface area contributed by atoms with Crippen molar-refractivity contribution in [3.8, 4) is 0 Å². The second-order valence-corrected chi connectivity index (χ2v) is 5.47. The van der Waals surface area contributed by atoms with Crippen LogP contribution in [0.25, 0.3) is 0 Å². The second-order valence-electron chi connectivity index (χ2n) is 5.47. The number of ketones is 1. The first-order chi connectivity index (χ1) is 10.7. The number of rotatable bonds is 5. The van der Waals surface area contributed by atoms with Gasteiger partial charge in [-0.25, -0.2) is 4.79 Å². The number of carbonyl (C=O) groups is 2. The number of nitrogen functional groups attached to an aromatic ring is 1. The summed E-state index contributed by atoms with van der Waals surface area (Å²) in [6, 6.07) is 14.4. The zero-order chi connectivity index (χ0) is 15.5. The minimum absolute atomic E-state index is 0.0233. The molecule has 1 aliphatic rings. The molecule has 2 aromatic carbocycles. The number of hydrogen-bond donors (Lipinski definition) is 1. The highest BCUT2D eigenvalue weighted by atomic mass is 16.5. The fourth-order valence-electron chi connectivity index (χ4n) is 2.32. The molecular weight excluding hydrogens is 278 g/mol. The highest BCUT2D eigenvalue weighted by molar-refractivity contribution is 6.08. The SMILES string of the molecule is Nc1c(C(=O)OCc2ccccc2)cccc1C(=O)C1CC1. The summed E-state index contributed by atoms with van der Waals surface area (Å²) in [6.45, 7) is 0.180. The molecule has 4 heteroatoms. The van der Waals surface area contributed by atoms with Gasteiger partial charge in [0.1, 0.15) is 6.61 Å². The van der Waals surface area contributed by atoms with Crippen LogP contribution in [0.3, 0.4) is 0 Å². The molecule has 3 rings (SSSR count). The van der Waals surface area contributed by atoms with E-state index in [-0.39, 0.29) is 29.6 Å². The van der Waals surface area contributed by atoms with Crippen LogP contribution in [0.1, 0.15) is 39.1 Å². The molecule has 0 aliphatic heterocycles. The molecule has 0 heterocycles. The maximum absolute atomic E-state index is 12.2. The number of esters is 1. The number of nitrogens with two attached hydrogens (primary N) is 1. The second kappa shape index (κ2) is 6.02. The van der Waals surface area contributed by atoms with Crippen LogP contribution >= 0.6 is 0 Å². The van der Waals surface area contributed by atoms with E-state index in [1.807, 2.05) is 30.3 Å². The molecule has 1 aliphatic carbocycles. The third-order valence-electron chi connectivity index (χ3n) is 3.75. The smallest absolute Gasteiger partial charge is 0.340 e. The van der Waals surface area contributed by atoms with E-state index in [2.05, 4.69) is 0 Å². The number of carbonyl (C=O) groups excluding carboxylic acids is 2. The van der Waals surface area contributed by atoms with Crippen molar-refractivity contribution in [2.75, 3.05) is 5.73 Å². The Morgan fingerprint density at radius 1 is 1.00 bits per heavy atom. The Morgan fingerprint density at radius 2 is 1.68 bits per heavy atom. The molecule has 0 saturated heterocycles. The van der Waals surface area contributed by atoms with E-state index in [4.69, 9.17) is 10.5 Å². The standard InChI is InChI=1S/C18H17NO3/c19-16-14(17(20)13-9-10-13)7-4-8-15(16)18(21)22-11-12-5-2-1-3-6-12/h1-8,13H,9-11,19H2. The van der Waals surface area contributed by atoms with Crippen LogP contribution in [0, 0.1) is 5.92 Å². The van der Waals surface area contributed by atoms with Crippen LogP contribution < -0.4 is 5.73 Å². The van der Waals surface area contributed by atoms with E-state index in [1.54, 1.807) is 18.2 Å². The molecule has 0 radical (unpaired) electrons. The molecule has 1 saturated carbocycles. The Labute approximate surface area is 128 Å². The summed E-state index contributed by atoms with van der Waals surface area (Å²) in [5.41, 5.74) is 7.80. The van der Waals surface area contributed by atoms with Gasteiger partial charge in [0.05, 0.1) is 11.3 Å². The summed E-state index contributed by atoms with van der Waals surface area (Å²) in [6.07, 6.45) is 1.81. The van der Waals surface area contributed by atoms with Gasteiger partial charge in [0.2, 0.25) is 0 Å². The average molecular weight is 295 g/mol. The highest BCUT2D eigenvalue weighted by Crippen LogP contribution is 2.34. The van der Waals surface area contributed by atoms with Crippen LogP contribution in [-0.4, -0.2) is 11.8 Å². The van der Waals surface area contributed by atoms with Crippen molar-refractivity contribution in [2.45, 2.75) is 19.4 Å². The van der Waals surface area contributed by atoms with Gasteiger partial charge >= 0.3 is 5.97 Å². The van der Waals surface area contributed by atoms with Gasteiger partial charge in [-0.2, -0.15) is 0 Å². The van der Waals surface area contributed by atoms with E-state index in [0.29, 0.717) is 5.56 Å². The molecule has 1 fully saturated rings. The summed E-state index contributed by atoms with van der Waals surface area (Å²) in [7, 11) is 0. The lowest BCUT2D eigenvalue weighted by Crippen LogP contribution is -2.13. The fraction of sp³-hybridized carbons (Fsp3) is 0.222. The topological polar surface area (TPSA) is 69.4 Å². The summed E-state index contributed by atoms with van der Waals surface area (Å²) in [4.78, 5) is 24.3. The van der Waals surface area contributed by atoms with Gasteiger partial charge < -0.3 is 10.5 Å². The largest absolute Gasteiger partial charge is 0.457 e. The van der Waals surface area contributed by atoms with Gasteiger partial charge in [-0.1, -0.05) is 36.4 Å². The molecule has 22 heavy (non-hydrogen) atoms. The van der Waals surface area contributed by atoms with E-state index >= 15 is 0 Å². The van der Waals surface area contributed by atoms with Crippen LogP contribution in [0.2, 0.25) is 0 Å². The normalized spacial score (nSPS) is 13.6. The van der Waals surface area contributed by atoms with Crippen LogP contribution in [-0.2, 0) is 11.3 Å². The van der Waals surface area contributed by atoms with Gasteiger partial charge in [0.15, 0.2) is 5.78 Å². The van der Waals surface area contributed by atoms with Crippen LogP contribution in [0.5, 0.6) is 0 Å². The molecule has 0 spiro atoms. The minimum atomic E-state index is -0.508. The predicted octanol–water partition coefficient (Wildman–Crippen LogP) is 3.22. The average Bonchev–Trinajstić information content (AvgIpc) is 3.38. The summed E-state index contributed by atoms with van der Waals surface area (Å²) >= 11 is 0. The number of para-hydroxylation sites is 1. The Morgan fingerprint density at radius 3 is 2.36 bits per heavy atom. The van der Waals surface area contributed by atoms with E-state index in [0.717, 1.165) is 18.4 Å². The lowest BCUT2D eigenvalue weighted by atomic mass is 10.0. The molecule has 2 aromatic rings. The Balaban J connectivity index is 1.75. The van der Waals surface area contributed by atoms with Gasteiger partial charge in [0, 0.05) is 11.5 Å². The molecule has 0 unspecified atom stereocenters. The van der Waals surface area contributed by atoms with Crippen molar-refractivity contribution >= 4 is 17.4 Å². The Kier molecular flexibility index (Phi) is 3.92. The molecule has 0 bridgehead atoms. The first-order valence-corrected chi connectivity index (χ1v) is 7.30. The molecule has 2 N–H and O–H groups in total. The fourth-order valence-corrected chi connectivity index (χ4v) is 2.32. The van der Waals surface area contributed by atoms with Crippen molar-refractivity contribution in [3.63, 3.8) is 0 Å². The quantitative estimate of drug-likeness (QED) is 0.522. The zero-order valence-electron chi connectivity index (χ0n) is 12.1. The predicted molar refractivity (Wildman–Crippen MR) is 83.5 cm³/mol. The zero-order valence-corrected chi connectivity index (χ0v) is 12.1. The molecule has 112 valence electrons. The summed E-state index contributed by atoms with van der Waals surface area (Å²) < 4.78 is 5.28. The lowest BCUT2D eigenvalue weighted by Gasteiger charge is -2.10. The lowest BCUT2D eigenvalue weighted by molar-refractivity contribution is 0.0474. The van der Waals surface area contributed by atoms with Gasteiger partial charge in [-0.05, 0) is 30.5 Å². The van der Waals surface area contributed by atoms with Crippen LogP contribution in [0.15, 0.2) is 48.5 Å². The number of ether oxygens (including phenoxy) is 1. The van der Waals surface area contributed by atoms with Crippen molar-refractivity contribution in [1.82, 2.24) is 0 Å². The van der Waals surface area contributed by atoms with E-state index in [9.17, 15) is 9.59 Å². The number of hydrogen-bond acceptors (Lipinski definition) is 4. The number of Topliss-reactive ketones (excluding diaryl/α,β-unsaturated/α-hetero) is 1. The third kappa shape index (κ3) is 3.01. The highest BCUT2D eigenvalue weighted by Gasteiger charge is 2.32. The number of benzene rings is 2. The van der Waals surface area contributed by atoms with E-state index < -0.39 is 5.97 Å². The third-order valence-corrected chi connectivity index (χ3v) is 3.75.